The highest BCUT2D eigenvalue weighted by atomic mass is 16.1. The maximum Gasteiger partial charge on any atom is 0.133 e. The van der Waals surface area contributed by atoms with Crippen LogP contribution < -0.4 is 0 Å². The van der Waals surface area contributed by atoms with Crippen molar-refractivity contribution >= 4 is 22.8 Å². The van der Waals surface area contributed by atoms with E-state index in [1.54, 1.807) is 0 Å². The molecule has 1 aliphatic heterocycles. The average Bonchev–Trinajstić information content (AvgIpc) is 2.84. The third kappa shape index (κ3) is 1.97. The number of benzene rings is 1. The van der Waals surface area contributed by atoms with E-state index in [2.05, 4.69) is 40.4 Å². The van der Waals surface area contributed by atoms with Crippen LogP contribution in [0.25, 0.3) is 16.5 Å². The third-order valence-corrected chi connectivity index (χ3v) is 3.56. The van der Waals surface area contributed by atoms with Crippen molar-refractivity contribution < 1.29 is 4.79 Å². The summed E-state index contributed by atoms with van der Waals surface area (Å²) < 4.78 is 0. The lowest BCUT2D eigenvalue weighted by molar-refractivity contribution is -0.108. The number of aromatic nitrogens is 1. The Kier molecular flexibility index (Phi) is 2.99. The molecule has 0 saturated carbocycles. The molecule has 0 amide bonds. The molecule has 92 valence electrons. The molecule has 3 nitrogen and oxygen atoms in total. The Morgan fingerprint density at radius 2 is 2.22 bits per heavy atom. The highest BCUT2D eigenvalue weighted by molar-refractivity contribution is 5.92. The second kappa shape index (κ2) is 4.78. The predicted octanol–water partition coefficient (Wildman–Crippen LogP) is 2.46. The summed E-state index contributed by atoms with van der Waals surface area (Å²) >= 11 is 0. The van der Waals surface area contributed by atoms with E-state index in [-0.39, 0.29) is 0 Å². The van der Waals surface area contributed by atoms with Crippen molar-refractivity contribution in [3.63, 3.8) is 0 Å². The van der Waals surface area contributed by atoms with E-state index >= 15 is 0 Å². The monoisotopic (exact) mass is 240 g/mol. The van der Waals surface area contributed by atoms with Crippen molar-refractivity contribution in [2.24, 2.45) is 0 Å². The molecule has 0 atom stereocenters. The molecule has 0 aliphatic carbocycles. The Morgan fingerprint density at radius 1 is 1.33 bits per heavy atom. The molecule has 1 aromatic carbocycles. The summed E-state index contributed by atoms with van der Waals surface area (Å²) in [5.41, 5.74) is 3.87. The van der Waals surface area contributed by atoms with Gasteiger partial charge in [-0.1, -0.05) is 24.3 Å². The van der Waals surface area contributed by atoms with Gasteiger partial charge < -0.3 is 9.78 Å². The van der Waals surface area contributed by atoms with Gasteiger partial charge in [-0.25, -0.2) is 0 Å². The number of carbonyl (C=O) groups excluding carboxylic acids is 1. The van der Waals surface area contributed by atoms with Crippen molar-refractivity contribution in [1.82, 2.24) is 9.88 Å². The van der Waals surface area contributed by atoms with Gasteiger partial charge in [-0.3, -0.25) is 4.90 Å². The Labute approximate surface area is 106 Å². The average molecular weight is 240 g/mol. The number of nitrogens with zero attached hydrogens (tertiary/aromatic N) is 1. The van der Waals surface area contributed by atoms with Gasteiger partial charge in [0.05, 0.1) is 6.54 Å². The number of nitrogens with one attached hydrogen (secondary N) is 1. The van der Waals surface area contributed by atoms with Gasteiger partial charge in [0, 0.05) is 35.8 Å². The Hall–Kier alpha value is -1.87. The number of aldehydes is 1. The summed E-state index contributed by atoms with van der Waals surface area (Å²) in [5.74, 6) is 0. The first-order valence-electron chi connectivity index (χ1n) is 6.30. The number of fused-ring (bicyclic) bond motifs is 1. The number of hydrogen-bond donors (Lipinski definition) is 1. The smallest absolute Gasteiger partial charge is 0.133 e. The van der Waals surface area contributed by atoms with E-state index < -0.39 is 0 Å². The highest BCUT2D eigenvalue weighted by Crippen LogP contribution is 2.28. The third-order valence-electron chi connectivity index (χ3n) is 3.56. The maximum atomic E-state index is 10.5. The van der Waals surface area contributed by atoms with Crippen LogP contribution in [0.5, 0.6) is 0 Å². The molecule has 2 aromatic rings. The zero-order valence-electron chi connectivity index (χ0n) is 10.2. The molecular weight excluding hydrogens is 224 g/mol. The van der Waals surface area contributed by atoms with Crippen LogP contribution in [0.1, 0.15) is 12.0 Å². The first-order chi connectivity index (χ1) is 8.88. The predicted molar refractivity (Wildman–Crippen MR) is 73.4 cm³/mol. The largest absolute Gasteiger partial charge is 0.361 e. The number of carbonyl (C=O) groups is 1. The minimum absolute atomic E-state index is 0.539. The summed E-state index contributed by atoms with van der Waals surface area (Å²) in [6.45, 7) is 2.37. The fraction of sp³-hybridized carbons (Fsp3) is 0.267. The number of hydrogen-bond acceptors (Lipinski definition) is 2. The zero-order valence-corrected chi connectivity index (χ0v) is 10.2. The maximum absolute atomic E-state index is 10.5. The number of rotatable bonds is 3. The normalized spacial score (nSPS) is 16.8. The highest BCUT2D eigenvalue weighted by Gasteiger charge is 2.14. The molecule has 0 fully saturated rings. The lowest BCUT2D eigenvalue weighted by Gasteiger charge is -2.24. The van der Waals surface area contributed by atoms with Gasteiger partial charge in [-0.15, -0.1) is 0 Å². The van der Waals surface area contributed by atoms with Gasteiger partial charge in [0.15, 0.2) is 0 Å². The van der Waals surface area contributed by atoms with E-state index in [4.69, 9.17) is 0 Å². The Bertz CT molecular complexity index is 597. The zero-order chi connectivity index (χ0) is 12.4. The lowest BCUT2D eigenvalue weighted by atomic mass is 9.99. The molecule has 1 N–H and O–H groups in total. The second-order valence-corrected chi connectivity index (χ2v) is 4.65. The molecule has 3 rings (SSSR count). The molecule has 1 aromatic heterocycles. The molecule has 0 bridgehead atoms. The molecular formula is C15H16N2O. The van der Waals surface area contributed by atoms with Gasteiger partial charge in [0.2, 0.25) is 0 Å². The van der Waals surface area contributed by atoms with Crippen LogP contribution in [-0.4, -0.2) is 35.8 Å². The van der Waals surface area contributed by atoms with Crippen molar-refractivity contribution in [2.45, 2.75) is 6.42 Å². The molecule has 18 heavy (non-hydrogen) atoms. The fourth-order valence-electron chi connectivity index (χ4n) is 2.56. The fourth-order valence-corrected chi connectivity index (χ4v) is 2.56. The molecule has 0 unspecified atom stereocenters. The quantitative estimate of drug-likeness (QED) is 0.837. The number of aromatic amines is 1. The molecule has 2 heterocycles. The van der Waals surface area contributed by atoms with E-state index in [9.17, 15) is 4.79 Å². The molecule has 3 heteroatoms. The van der Waals surface area contributed by atoms with Crippen LogP contribution >= 0.6 is 0 Å². The summed E-state index contributed by atoms with van der Waals surface area (Å²) in [4.78, 5) is 16.0. The van der Waals surface area contributed by atoms with E-state index in [0.29, 0.717) is 6.54 Å². The standard InChI is InChI=1S/C15H16N2O/c18-10-9-17-7-5-12(6-8-17)14-11-16-15-4-2-1-3-13(14)15/h1-5,10-11,16H,6-9H2. The Balaban J connectivity index is 1.90. The van der Waals surface area contributed by atoms with Crippen LogP contribution in [-0.2, 0) is 4.79 Å². The Morgan fingerprint density at radius 3 is 3.00 bits per heavy atom. The van der Waals surface area contributed by atoms with Crippen LogP contribution in [0.4, 0.5) is 0 Å². The van der Waals surface area contributed by atoms with Gasteiger partial charge >= 0.3 is 0 Å². The molecule has 0 spiro atoms. The van der Waals surface area contributed by atoms with Gasteiger partial charge in [0.1, 0.15) is 6.29 Å². The van der Waals surface area contributed by atoms with Crippen LogP contribution in [0.15, 0.2) is 36.5 Å². The minimum atomic E-state index is 0.539. The first kappa shape index (κ1) is 11.2. The van der Waals surface area contributed by atoms with Crippen LogP contribution in [0.2, 0.25) is 0 Å². The molecule has 1 aliphatic rings. The molecule has 0 saturated heterocycles. The van der Waals surface area contributed by atoms with E-state index in [0.717, 1.165) is 25.8 Å². The summed E-state index contributed by atoms with van der Waals surface area (Å²) in [5, 5.41) is 1.28. The van der Waals surface area contributed by atoms with E-state index in [1.165, 1.54) is 22.0 Å². The first-order valence-corrected chi connectivity index (χ1v) is 6.30. The van der Waals surface area contributed by atoms with Crippen LogP contribution in [0, 0.1) is 0 Å². The summed E-state index contributed by atoms with van der Waals surface area (Å²) in [6, 6.07) is 8.37. The minimum Gasteiger partial charge on any atom is -0.361 e. The van der Waals surface area contributed by atoms with Gasteiger partial charge in [-0.05, 0) is 18.1 Å². The number of H-pyrrole nitrogens is 1. The molecule has 0 radical (unpaired) electrons. The number of para-hydroxylation sites is 1. The van der Waals surface area contributed by atoms with Crippen molar-refractivity contribution in [3.05, 3.63) is 42.1 Å². The van der Waals surface area contributed by atoms with Gasteiger partial charge in [-0.2, -0.15) is 0 Å². The summed E-state index contributed by atoms with van der Waals surface area (Å²) in [6.07, 6.45) is 6.31. The lowest BCUT2D eigenvalue weighted by Crippen LogP contribution is -2.30. The SMILES string of the molecule is O=CCN1CC=C(c2c[nH]c3ccccc23)CC1. The van der Waals surface area contributed by atoms with Gasteiger partial charge in [0.25, 0.3) is 0 Å². The van der Waals surface area contributed by atoms with Crippen LogP contribution in [0.3, 0.4) is 0 Å². The van der Waals surface area contributed by atoms with Crippen molar-refractivity contribution in [2.75, 3.05) is 19.6 Å². The summed E-state index contributed by atoms with van der Waals surface area (Å²) in [7, 11) is 0. The second-order valence-electron chi connectivity index (χ2n) is 4.65. The van der Waals surface area contributed by atoms with Crippen molar-refractivity contribution in [3.8, 4) is 0 Å². The van der Waals surface area contributed by atoms with E-state index in [1.807, 2.05) is 6.07 Å². The van der Waals surface area contributed by atoms with Crippen molar-refractivity contribution in [1.29, 1.82) is 0 Å². The topological polar surface area (TPSA) is 36.1 Å².